The Morgan fingerprint density at radius 1 is 0.844 bits per heavy atom. The van der Waals surface area contributed by atoms with Gasteiger partial charge in [0.2, 0.25) is 0 Å². The molecule has 0 aromatic carbocycles. The number of carbonyl (C=O) groups is 1. The molecule has 0 rings (SSSR count). The van der Waals surface area contributed by atoms with Gasteiger partial charge in [0.15, 0.2) is 0 Å². The van der Waals surface area contributed by atoms with E-state index in [1.807, 2.05) is 0 Å². The van der Waals surface area contributed by atoms with Crippen LogP contribution in [0.15, 0.2) is 0 Å². The Hall–Kier alpha value is -0.0700. The van der Waals surface area contributed by atoms with E-state index in [0.29, 0.717) is 18.3 Å². The summed E-state index contributed by atoms with van der Waals surface area (Å²) in [6, 6.07) is 0. The molecule has 3 atom stereocenters. The molecule has 0 radical (unpaired) electrons. The maximum Gasteiger partial charge on any atom is 0.421 e. The summed E-state index contributed by atoms with van der Waals surface area (Å²) < 4.78 is 22.2. The fourth-order valence-corrected chi connectivity index (χ4v) is 5.45. The number of unbranched alkanes of at least 4 members (excludes halogenated alkanes) is 11. The monoisotopic (exact) mass is 496 g/mol. The van der Waals surface area contributed by atoms with Crippen LogP contribution in [0.5, 0.6) is 0 Å². The van der Waals surface area contributed by atoms with Crippen molar-refractivity contribution >= 4 is 25.5 Å². The molecular weight excluding hydrogens is 447 g/mol. The fraction of sp³-hybridized carbons (Fsp3) is 0.958. The van der Waals surface area contributed by atoms with Crippen LogP contribution in [0.1, 0.15) is 117 Å². The van der Waals surface area contributed by atoms with Crippen LogP contribution >= 0.6 is 19.8 Å². The molecule has 6 nitrogen and oxygen atoms in total. The zero-order valence-corrected chi connectivity index (χ0v) is 22.6. The molecule has 0 heterocycles. The lowest BCUT2D eigenvalue weighted by molar-refractivity contribution is -0.168. The molecule has 1 N–H and O–H groups in total. The number of hydrogen-bond donors (Lipinski definition) is 1. The SMILES string of the molecule is CCCCCCCCCCSC(CCCCCCC)C(C)OCCCO[PH](=O)C(=O)OO. The van der Waals surface area contributed by atoms with E-state index in [0.717, 1.165) is 0 Å². The number of thioether (sulfide) groups is 1. The van der Waals surface area contributed by atoms with Crippen molar-refractivity contribution in [1.82, 2.24) is 0 Å². The molecule has 0 spiro atoms. The Morgan fingerprint density at radius 3 is 2.00 bits per heavy atom. The van der Waals surface area contributed by atoms with Crippen LogP contribution in [0.3, 0.4) is 0 Å². The summed E-state index contributed by atoms with van der Waals surface area (Å²) in [5, 5.41) is 8.68. The Bertz CT molecular complexity index is 452. The molecule has 0 aromatic rings. The number of carbonyl (C=O) groups excluding carboxylic acids is 1. The fourth-order valence-electron chi connectivity index (χ4n) is 3.57. The van der Waals surface area contributed by atoms with E-state index < -0.39 is 13.7 Å². The number of hydrogen-bond acceptors (Lipinski definition) is 7. The maximum absolute atomic E-state index is 11.3. The summed E-state index contributed by atoms with van der Waals surface area (Å²) in [5.74, 6) is 1.19. The Labute approximate surface area is 201 Å². The second-order valence-electron chi connectivity index (χ2n) is 8.53. The predicted octanol–water partition coefficient (Wildman–Crippen LogP) is 8.49. The maximum atomic E-state index is 11.3. The van der Waals surface area contributed by atoms with Gasteiger partial charge in [-0.1, -0.05) is 90.9 Å². The summed E-state index contributed by atoms with van der Waals surface area (Å²) in [7, 11) is -3.00. The molecular formula is C24H49O6PS. The summed E-state index contributed by atoms with van der Waals surface area (Å²) in [6.07, 6.45) is 19.1. The van der Waals surface area contributed by atoms with Crippen LogP contribution in [0, 0.1) is 0 Å². The van der Waals surface area contributed by atoms with E-state index in [-0.39, 0.29) is 12.7 Å². The van der Waals surface area contributed by atoms with Crippen LogP contribution in [-0.2, 0) is 18.7 Å². The molecule has 0 aliphatic carbocycles. The molecule has 0 aliphatic rings. The van der Waals surface area contributed by atoms with Gasteiger partial charge in [-0.25, -0.2) is 4.79 Å². The van der Waals surface area contributed by atoms with Gasteiger partial charge in [-0.05, 0) is 31.9 Å². The highest BCUT2D eigenvalue weighted by Gasteiger charge is 2.18. The van der Waals surface area contributed by atoms with Crippen LogP contribution in [-0.4, -0.2) is 41.3 Å². The van der Waals surface area contributed by atoms with Crippen LogP contribution < -0.4 is 0 Å². The molecule has 0 aliphatic heterocycles. The molecule has 0 aromatic heterocycles. The van der Waals surface area contributed by atoms with E-state index in [4.69, 9.17) is 14.5 Å². The number of ether oxygens (including phenoxy) is 1. The highest BCUT2D eigenvalue weighted by atomic mass is 32.2. The molecule has 3 unspecified atom stereocenters. The van der Waals surface area contributed by atoms with Crippen molar-refractivity contribution in [2.75, 3.05) is 19.0 Å². The highest BCUT2D eigenvalue weighted by molar-refractivity contribution is 7.99. The van der Waals surface area contributed by atoms with E-state index >= 15 is 0 Å². The van der Waals surface area contributed by atoms with Crippen LogP contribution in [0.4, 0.5) is 4.79 Å². The predicted molar refractivity (Wildman–Crippen MR) is 136 cm³/mol. The molecule has 0 saturated carbocycles. The molecule has 32 heavy (non-hydrogen) atoms. The first-order valence-electron chi connectivity index (χ1n) is 12.8. The van der Waals surface area contributed by atoms with Gasteiger partial charge in [0.25, 0.3) is 0 Å². The molecule has 192 valence electrons. The summed E-state index contributed by atoms with van der Waals surface area (Å²) >= 11 is 2.05. The van der Waals surface area contributed by atoms with Crippen molar-refractivity contribution in [3.63, 3.8) is 0 Å². The average molecular weight is 497 g/mol. The Kier molecular flexibility index (Phi) is 24.0. The van der Waals surface area contributed by atoms with Gasteiger partial charge in [0, 0.05) is 11.9 Å². The lowest BCUT2D eigenvalue weighted by Crippen LogP contribution is -2.24. The van der Waals surface area contributed by atoms with E-state index in [2.05, 4.69) is 37.4 Å². The van der Waals surface area contributed by atoms with Gasteiger partial charge in [0.1, 0.15) is 0 Å². The lowest BCUT2D eigenvalue weighted by Gasteiger charge is -2.24. The van der Waals surface area contributed by atoms with Crippen molar-refractivity contribution in [2.24, 2.45) is 0 Å². The second kappa shape index (κ2) is 24.1. The minimum atomic E-state index is -3.00. The minimum Gasteiger partial charge on any atom is -0.377 e. The molecule has 0 bridgehead atoms. The van der Waals surface area contributed by atoms with Crippen molar-refractivity contribution in [1.29, 1.82) is 0 Å². The van der Waals surface area contributed by atoms with Crippen molar-refractivity contribution in [2.45, 2.75) is 128 Å². The van der Waals surface area contributed by atoms with Gasteiger partial charge in [-0.15, -0.1) is 0 Å². The first-order valence-corrected chi connectivity index (χ1v) is 15.2. The zero-order valence-electron chi connectivity index (χ0n) is 20.8. The van der Waals surface area contributed by atoms with Gasteiger partial charge in [0.05, 0.1) is 12.7 Å². The van der Waals surface area contributed by atoms with Crippen LogP contribution in [0.25, 0.3) is 0 Å². The first kappa shape index (κ1) is 31.9. The topological polar surface area (TPSA) is 82.1 Å². The van der Waals surface area contributed by atoms with Crippen LogP contribution in [0.2, 0.25) is 0 Å². The average Bonchev–Trinajstić information content (AvgIpc) is 2.80. The highest BCUT2D eigenvalue weighted by Crippen LogP contribution is 2.26. The number of rotatable bonds is 24. The zero-order chi connectivity index (χ0) is 23.9. The third-order valence-electron chi connectivity index (χ3n) is 5.60. The standard InChI is InChI=1S/C24H49O6PS/c1-4-6-8-10-11-12-14-16-21-32-23(18-15-13-9-7-5-2)22(3)28-19-17-20-29-31(27)24(25)30-26/h22-23,26,31H,4-21H2,1-3H3. The molecule has 0 amide bonds. The quantitative estimate of drug-likeness (QED) is 0.0621. The molecule has 0 fully saturated rings. The third kappa shape index (κ3) is 19.4. The van der Waals surface area contributed by atoms with Crippen molar-refractivity contribution in [3.8, 4) is 0 Å². The second-order valence-corrected chi connectivity index (χ2v) is 11.2. The van der Waals surface area contributed by atoms with Gasteiger partial charge in [-0.2, -0.15) is 17.0 Å². The Morgan fingerprint density at radius 2 is 1.41 bits per heavy atom. The smallest absolute Gasteiger partial charge is 0.377 e. The van der Waals surface area contributed by atoms with Crippen molar-refractivity contribution < 1.29 is 28.8 Å². The van der Waals surface area contributed by atoms with Gasteiger partial charge < -0.3 is 9.26 Å². The summed E-state index contributed by atoms with van der Waals surface area (Å²) in [4.78, 5) is 14.3. The first-order chi connectivity index (χ1) is 15.6. The minimum absolute atomic E-state index is 0.146. The van der Waals surface area contributed by atoms with E-state index in [1.165, 1.54) is 95.6 Å². The molecule has 0 saturated heterocycles. The largest absolute Gasteiger partial charge is 0.421 e. The summed E-state index contributed by atoms with van der Waals surface area (Å²) in [5.41, 5.74) is -1.22. The molecule has 8 heteroatoms. The lowest BCUT2D eigenvalue weighted by atomic mass is 10.1. The normalized spacial score (nSPS) is 14.2. The van der Waals surface area contributed by atoms with E-state index in [1.54, 1.807) is 0 Å². The van der Waals surface area contributed by atoms with Gasteiger partial charge >= 0.3 is 13.7 Å². The Balaban J connectivity index is 4.11. The van der Waals surface area contributed by atoms with E-state index in [9.17, 15) is 9.36 Å². The van der Waals surface area contributed by atoms with Crippen molar-refractivity contribution in [3.05, 3.63) is 0 Å². The summed E-state index contributed by atoms with van der Waals surface area (Å²) in [6.45, 7) is 7.29. The van der Waals surface area contributed by atoms with Gasteiger partial charge in [-0.3, -0.25) is 9.45 Å². The third-order valence-corrected chi connectivity index (χ3v) is 8.06.